The first-order valence-corrected chi connectivity index (χ1v) is 4.25. The van der Waals surface area contributed by atoms with Crippen LogP contribution in [0.2, 0.25) is 5.02 Å². The lowest BCUT2D eigenvalue weighted by Gasteiger charge is -2.05. The van der Waals surface area contributed by atoms with Gasteiger partial charge in [0.1, 0.15) is 11.8 Å². The average Bonchev–Trinajstić information content (AvgIpc) is 2.60. The second-order valence-corrected chi connectivity index (χ2v) is 3.24. The molecule has 1 aliphatic heterocycles. The van der Waals surface area contributed by atoms with E-state index in [1.54, 1.807) is 6.07 Å². The Kier molecular flexibility index (Phi) is 1.78. The van der Waals surface area contributed by atoms with E-state index in [1.165, 1.54) is 0 Å². The molecule has 2 N–H and O–H groups in total. The molecule has 0 saturated heterocycles. The molecule has 3 nitrogen and oxygen atoms in total. The maximum Gasteiger partial charge on any atom is 0.142 e. The van der Waals surface area contributed by atoms with Gasteiger partial charge in [0.2, 0.25) is 0 Å². The van der Waals surface area contributed by atoms with Crippen molar-refractivity contribution in [1.82, 2.24) is 0 Å². The summed E-state index contributed by atoms with van der Waals surface area (Å²) in [6.45, 7) is 0.578. The summed E-state index contributed by atoms with van der Waals surface area (Å²) in [4.78, 5) is 0. The molecule has 0 spiro atoms. The van der Waals surface area contributed by atoms with E-state index in [0.717, 1.165) is 12.0 Å². The maximum atomic E-state index is 8.79. The number of nitriles is 1. The Labute approximate surface area is 80.7 Å². The van der Waals surface area contributed by atoms with E-state index in [9.17, 15) is 0 Å². The standard InChI is InChI=1S/C9H7ClN2O/c10-7-3-5(4-11)9-6(8(7)12)1-2-13-9/h3H,1-2,12H2. The number of nitrogens with zero attached hydrogens (tertiary/aromatic N) is 1. The third-order valence-electron chi connectivity index (χ3n) is 2.09. The summed E-state index contributed by atoms with van der Waals surface area (Å²) in [7, 11) is 0. The Morgan fingerprint density at radius 3 is 3.08 bits per heavy atom. The van der Waals surface area contributed by atoms with Crippen LogP contribution in [0.4, 0.5) is 5.69 Å². The van der Waals surface area contributed by atoms with E-state index in [-0.39, 0.29) is 0 Å². The number of anilines is 1. The predicted octanol–water partition coefficient (Wildman–Crippen LogP) is 1.73. The molecule has 1 aromatic carbocycles. The number of ether oxygens (including phenoxy) is 1. The van der Waals surface area contributed by atoms with Crippen molar-refractivity contribution in [2.24, 2.45) is 0 Å². The van der Waals surface area contributed by atoms with Crippen molar-refractivity contribution in [3.05, 3.63) is 22.2 Å². The van der Waals surface area contributed by atoms with Crippen LogP contribution in [0.3, 0.4) is 0 Å². The van der Waals surface area contributed by atoms with E-state index in [2.05, 4.69) is 0 Å². The van der Waals surface area contributed by atoms with Crippen LogP contribution < -0.4 is 10.5 Å². The zero-order chi connectivity index (χ0) is 9.42. The largest absolute Gasteiger partial charge is 0.491 e. The lowest BCUT2D eigenvalue weighted by atomic mass is 10.1. The van der Waals surface area contributed by atoms with Crippen LogP contribution >= 0.6 is 11.6 Å². The molecular formula is C9H7ClN2O. The Morgan fingerprint density at radius 1 is 1.62 bits per heavy atom. The van der Waals surface area contributed by atoms with Crippen molar-refractivity contribution in [2.45, 2.75) is 6.42 Å². The van der Waals surface area contributed by atoms with Gasteiger partial charge in [0.05, 0.1) is 22.9 Å². The van der Waals surface area contributed by atoms with Gasteiger partial charge in [-0.1, -0.05) is 11.6 Å². The highest BCUT2D eigenvalue weighted by Crippen LogP contribution is 2.38. The van der Waals surface area contributed by atoms with Crippen molar-refractivity contribution >= 4 is 17.3 Å². The Hall–Kier alpha value is -1.40. The topological polar surface area (TPSA) is 59.0 Å². The number of hydrogen-bond donors (Lipinski definition) is 1. The Morgan fingerprint density at radius 2 is 2.38 bits per heavy atom. The van der Waals surface area contributed by atoms with E-state index in [4.69, 9.17) is 27.3 Å². The van der Waals surface area contributed by atoms with Gasteiger partial charge in [-0.2, -0.15) is 5.26 Å². The molecule has 0 aliphatic carbocycles. The molecule has 1 heterocycles. The fourth-order valence-electron chi connectivity index (χ4n) is 1.45. The minimum atomic E-state index is 0.431. The molecule has 0 saturated carbocycles. The fraction of sp³-hybridized carbons (Fsp3) is 0.222. The number of nitrogen functional groups attached to an aromatic ring is 1. The first-order chi connectivity index (χ1) is 6.24. The molecule has 13 heavy (non-hydrogen) atoms. The third-order valence-corrected chi connectivity index (χ3v) is 2.40. The molecule has 1 aliphatic rings. The van der Waals surface area contributed by atoms with Gasteiger partial charge in [-0.05, 0) is 6.07 Å². The minimum absolute atomic E-state index is 0.431. The van der Waals surface area contributed by atoms with E-state index in [1.807, 2.05) is 6.07 Å². The van der Waals surface area contributed by atoms with Crippen molar-refractivity contribution in [3.8, 4) is 11.8 Å². The monoisotopic (exact) mass is 194 g/mol. The van der Waals surface area contributed by atoms with Crippen LogP contribution in [0.15, 0.2) is 6.07 Å². The van der Waals surface area contributed by atoms with Crippen LogP contribution in [0.1, 0.15) is 11.1 Å². The number of rotatable bonds is 0. The van der Waals surface area contributed by atoms with Gasteiger partial charge in [0.15, 0.2) is 0 Å². The van der Waals surface area contributed by atoms with Crippen molar-refractivity contribution in [1.29, 1.82) is 5.26 Å². The fourth-order valence-corrected chi connectivity index (χ4v) is 1.67. The number of hydrogen-bond acceptors (Lipinski definition) is 3. The SMILES string of the molecule is N#Cc1cc(Cl)c(N)c2c1OCC2. The van der Waals surface area contributed by atoms with Gasteiger partial charge in [0.25, 0.3) is 0 Å². The molecule has 0 radical (unpaired) electrons. The second-order valence-electron chi connectivity index (χ2n) is 2.84. The second kappa shape index (κ2) is 2.82. The summed E-state index contributed by atoms with van der Waals surface area (Å²) in [5.74, 6) is 0.601. The zero-order valence-electron chi connectivity index (χ0n) is 6.80. The molecule has 66 valence electrons. The number of benzene rings is 1. The van der Waals surface area contributed by atoms with Crippen LogP contribution in [-0.2, 0) is 6.42 Å². The molecule has 0 bridgehead atoms. The molecule has 4 heteroatoms. The third kappa shape index (κ3) is 1.11. The molecule has 0 aromatic heterocycles. The summed E-state index contributed by atoms with van der Waals surface area (Å²) < 4.78 is 5.30. The quantitative estimate of drug-likeness (QED) is 0.640. The predicted molar refractivity (Wildman–Crippen MR) is 49.8 cm³/mol. The smallest absolute Gasteiger partial charge is 0.142 e. The molecule has 2 rings (SSSR count). The summed E-state index contributed by atoms with van der Waals surface area (Å²) >= 11 is 5.84. The Balaban J connectivity index is 2.73. The van der Waals surface area contributed by atoms with Gasteiger partial charge >= 0.3 is 0 Å². The molecule has 0 amide bonds. The average molecular weight is 195 g/mol. The molecule has 1 aromatic rings. The zero-order valence-corrected chi connectivity index (χ0v) is 7.56. The molecule has 0 atom stereocenters. The minimum Gasteiger partial charge on any atom is -0.491 e. The van der Waals surface area contributed by atoms with Gasteiger partial charge in [-0.25, -0.2) is 0 Å². The van der Waals surface area contributed by atoms with Gasteiger partial charge in [-0.15, -0.1) is 0 Å². The summed E-state index contributed by atoms with van der Waals surface area (Å²) in [5, 5.41) is 9.22. The van der Waals surface area contributed by atoms with Crippen molar-refractivity contribution in [3.63, 3.8) is 0 Å². The van der Waals surface area contributed by atoms with Crippen LogP contribution in [0, 0.1) is 11.3 Å². The Bertz CT molecular complexity index is 409. The summed E-state index contributed by atoms with van der Waals surface area (Å²) in [6.07, 6.45) is 0.733. The highest BCUT2D eigenvalue weighted by Gasteiger charge is 2.21. The molecule has 0 fully saturated rings. The highest BCUT2D eigenvalue weighted by molar-refractivity contribution is 6.33. The van der Waals surface area contributed by atoms with Crippen molar-refractivity contribution < 1.29 is 4.74 Å². The molecular weight excluding hydrogens is 188 g/mol. The first-order valence-electron chi connectivity index (χ1n) is 3.87. The van der Waals surface area contributed by atoms with Gasteiger partial charge < -0.3 is 10.5 Å². The van der Waals surface area contributed by atoms with Crippen LogP contribution in [0.25, 0.3) is 0 Å². The molecule has 0 unspecified atom stereocenters. The number of fused-ring (bicyclic) bond motifs is 1. The van der Waals surface area contributed by atoms with E-state index < -0.39 is 0 Å². The first kappa shape index (κ1) is 8.21. The van der Waals surface area contributed by atoms with Crippen LogP contribution in [0.5, 0.6) is 5.75 Å². The number of halogens is 1. The lowest BCUT2D eigenvalue weighted by Crippen LogP contribution is -1.94. The maximum absolute atomic E-state index is 8.79. The lowest BCUT2D eigenvalue weighted by molar-refractivity contribution is 0.356. The summed E-state index contributed by atoms with van der Waals surface area (Å²) in [6, 6.07) is 3.57. The van der Waals surface area contributed by atoms with E-state index in [0.29, 0.717) is 28.6 Å². The normalized spacial score (nSPS) is 13.2. The highest BCUT2D eigenvalue weighted by atomic mass is 35.5. The van der Waals surface area contributed by atoms with Crippen molar-refractivity contribution in [2.75, 3.05) is 12.3 Å². The van der Waals surface area contributed by atoms with Gasteiger partial charge in [-0.3, -0.25) is 0 Å². The van der Waals surface area contributed by atoms with Crippen LogP contribution in [-0.4, -0.2) is 6.61 Å². The van der Waals surface area contributed by atoms with Gasteiger partial charge in [0, 0.05) is 12.0 Å². The number of nitrogens with two attached hydrogens (primary N) is 1. The summed E-state index contributed by atoms with van der Waals surface area (Å²) in [5.41, 5.74) is 7.60. The van der Waals surface area contributed by atoms with E-state index >= 15 is 0 Å².